The van der Waals surface area contributed by atoms with Crippen LogP contribution in [0.3, 0.4) is 0 Å². The van der Waals surface area contributed by atoms with Crippen molar-refractivity contribution in [3.8, 4) is 0 Å². The topological polar surface area (TPSA) is 64.0 Å². The molecule has 0 unspecified atom stereocenters. The zero-order valence-electron chi connectivity index (χ0n) is 12.1. The summed E-state index contributed by atoms with van der Waals surface area (Å²) in [4.78, 5) is -0.867. The van der Waals surface area contributed by atoms with Gasteiger partial charge in [-0.1, -0.05) is 0 Å². The number of rotatable bonds is 4. The Labute approximate surface area is 130 Å². The molecule has 2 aromatic rings. The molecule has 1 N–H and O–H groups in total. The summed E-state index contributed by atoms with van der Waals surface area (Å²) in [5.41, 5.74) is -0.758. The number of hydrogen-bond acceptors (Lipinski definition) is 3. The average Bonchev–Trinajstić information content (AvgIpc) is 2.77. The number of sulfonamides is 1. The van der Waals surface area contributed by atoms with Gasteiger partial charge in [-0.2, -0.15) is 18.3 Å². The van der Waals surface area contributed by atoms with E-state index in [0.29, 0.717) is 24.2 Å². The van der Waals surface area contributed by atoms with Gasteiger partial charge in [0.15, 0.2) is 0 Å². The summed E-state index contributed by atoms with van der Waals surface area (Å²) < 4.78 is 79.3. The maximum atomic E-state index is 13.8. The standard InChI is InChI=1S/C13H13F4N3O2S/c1-3-20-12(8(2)7-18-20)19-23(21,22)11-5-4-9(6-10(11)14)13(15,16)17/h4-7,19H,3H2,1-2H3. The zero-order chi connectivity index (χ0) is 17.4. The highest BCUT2D eigenvalue weighted by molar-refractivity contribution is 7.92. The van der Waals surface area contributed by atoms with Crippen molar-refractivity contribution in [2.75, 3.05) is 4.72 Å². The van der Waals surface area contributed by atoms with Crippen LogP contribution in [0.5, 0.6) is 0 Å². The summed E-state index contributed by atoms with van der Waals surface area (Å²) >= 11 is 0. The lowest BCUT2D eigenvalue weighted by molar-refractivity contribution is -0.137. The number of benzene rings is 1. The van der Waals surface area contributed by atoms with E-state index in [9.17, 15) is 26.0 Å². The van der Waals surface area contributed by atoms with E-state index in [0.717, 1.165) is 0 Å². The second-order valence-corrected chi connectivity index (χ2v) is 6.39. The van der Waals surface area contributed by atoms with Gasteiger partial charge in [0, 0.05) is 12.1 Å². The molecule has 0 aliphatic carbocycles. The van der Waals surface area contributed by atoms with E-state index in [-0.39, 0.29) is 11.9 Å². The van der Waals surface area contributed by atoms with Crippen LogP contribution in [0.4, 0.5) is 23.4 Å². The summed E-state index contributed by atoms with van der Waals surface area (Å²) in [5.74, 6) is -1.35. The molecule has 5 nitrogen and oxygen atoms in total. The van der Waals surface area contributed by atoms with Crippen LogP contribution < -0.4 is 4.72 Å². The molecule has 0 bridgehead atoms. The molecule has 1 aromatic carbocycles. The first-order valence-corrected chi connectivity index (χ1v) is 7.96. The predicted molar refractivity (Wildman–Crippen MR) is 74.8 cm³/mol. The van der Waals surface area contributed by atoms with Gasteiger partial charge in [-0.3, -0.25) is 4.72 Å². The molecule has 0 spiro atoms. The summed E-state index contributed by atoms with van der Waals surface area (Å²) in [6, 6.07) is 1.25. The molecular weight excluding hydrogens is 338 g/mol. The highest BCUT2D eigenvalue weighted by atomic mass is 32.2. The average molecular weight is 351 g/mol. The third-order valence-corrected chi connectivity index (χ3v) is 4.47. The van der Waals surface area contributed by atoms with Crippen LogP contribution in [0, 0.1) is 12.7 Å². The second kappa shape index (κ2) is 5.84. The van der Waals surface area contributed by atoms with Crippen molar-refractivity contribution in [3.63, 3.8) is 0 Å². The first kappa shape index (κ1) is 17.3. The molecule has 1 aromatic heterocycles. The number of anilines is 1. The number of aromatic nitrogens is 2. The Kier molecular flexibility index (Phi) is 4.38. The Hall–Kier alpha value is -2.10. The van der Waals surface area contributed by atoms with E-state index in [1.165, 1.54) is 10.9 Å². The molecule has 1 heterocycles. The van der Waals surface area contributed by atoms with Gasteiger partial charge in [-0.15, -0.1) is 0 Å². The summed E-state index contributed by atoms with van der Waals surface area (Å²) in [7, 11) is -4.38. The minimum absolute atomic E-state index is 0.131. The van der Waals surface area contributed by atoms with Crippen molar-refractivity contribution in [3.05, 3.63) is 41.3 Å². The van der Waals surface area contributed by atoms with E-state index in [1.807, 2.05) is 0 Å². The summed E-state index contributed by atoms with van der Waals surface area (Å²) in [6.07, 6.45) is -3.33. The van der Waals surface area contributed by atoms with Crippen LogP contribution in [0.1, 0.15) is 18.1 Å². The van der Waals surface area contributed by atoms with Crippen molar-refractivity contribution in [2.24, 2.45) is 0 Å². The molecule has 0 radical (unpaired) electrons. The largest absolute Gasteiger partial charge is 0.416 e. The van der Waals surface area contributed by atoms with Gasteiger partial charge in [0.2, 0.25) is 0 Å². The number of nitrogens with one attached hydrogen (secondary N) is 1. The van der Waals surface area contributed by atoms with Gasteiger partial charge < -0.3 is 0 Å². The first-order valence-electron chi connectivity index (χ1n) is 6.48. The predicted octanol–water partition coefficient (Wildman–Crippen LogP) is 3.17. The maximum Gasteiger partial charge on any atom is 0.416 e. The van der Waals surface area contributed by atoms with Crippen molar-refractivity contribution in [1.82, 2.24) is 9.78 Å². The van der Waals surface area contributed by atoms with Gasteiger partial charge in [-0.25, -0.2) is 17.5 Å². The smallest absolute Gasteiger partial charge is 0.263 e. The molecule has 126 valence electrons. The third kappa shape index (κ3) is 3.46. The number of alkyl halides is 3. The molecule has 0 atom stereocenters. The maximum absolute atomic E-state index is 13.8. The van der Waals surface area contributed by atoms with Crippen LogP contribution in [-0.4, -0.2) is 18.2 Å². The Morgan fingerprint density at radius 1 is 1.30 bits per heavy atom. The zero-order valence-corrected chi connectivity index (χ0v) is 13.0. The van der Waals surface area contributed by atoms with Gasteiger partial charge >= 0.3 is 6.18 Å². The van der Waals surface area contributed by atoms with Crippen molar-refractivity contribution in [2.45, 2.75) is 31.5 Å². The lowest BCUT2D eigenvalue weighted by Gasteiger charge is -2.12. The highest BCUT2D eigenvalue weighted by Crippen LogP contribution is 2.31. The molecule has 0 amide bonds. The highest BCUT2D eigenvalue weighted by Gasteiger charge is 2.32. The molecule has 23 heavy (non-hydrogen) atoms. The van der Waals surface area contributed by atoms with Crippen LogP contribution in [0.15, 0.2) is 29.3 Å². The fraction of sp³-hybridized carbons (Fsp3) is 0.308. The number of aryl methyl sites for hydroxylation is 2. The quantitative estimate of drug-likeness (QED) is 0.861. The van der Waals surface area contributed by atoms with E-state index >= 15 is 0 Å². The fourth-order valence-electron chi connectivity index (χ4n) is 1.93. The molecule has 2 rings (SSSR count). The normalized spacial score (nSPS) is 12.4. The van der Waals surface area contributed by atoms with E-state index < -0.39 is 32.5 Å². The van der Waals surface area contributed by atoms with Crippen molar-refractivity contribution < 1.29 is 26.0 Å². The second-order valence-electron chi connectivity index (χ2n) is 4.74. The Balaban J connectivity index is 2.42. The Morgan fingerprint density at radius 2 is 1.96 bits per heavy atom. The van der Waals surface area contributed by atoms with Crippen LogP contribution in [0.25, 0.3) is 0 Å². The van der Waals surface area contributed by atoms with Crippen LogP contribution in [-0.2, 0) is 22.7 Å². The van der Waals surface area contributed by atoms with Crippen LogP contribution >= 0.6 is 0 Å². The number of nitrogens with zero attached hydrogens (tertiary/aromatic N) is 2. The van der Waals surface area contributed by atoms with Crippen molar-refractivity contribution in [1.29, 1.82) is 0 Å². The van der Waals surface area contributed by atoms with Gasteiger partial charge in [0.25, 0.3) is 10.0 Å². The van der Waals surface area contributed by atoms with Crippen molar-refractivity contribution >= 4 is 15.8 Å². The minimum Gasteiger partial charge on any atom is -0.263 e. The number of halogens is 4. The minimum atomic E-state index is -4.76. The van der Waals surface area contributed by atoms with E-state index in [1.54, 1.807) is 13.8 Å². The number of hydrogen-bond donors (Lipinski definition) is 1. The Bertz CT molecular complexity index is 828. The van der Waals surface area contributed by atoms with Gasteiger partial charge in [0.1, 0.15) is 16.5 Å². The molecule has 0 aliphatic heterocycles. The Morgan fingerprint density at radius 3 is 2.48 bits per heavy atom. The van der Waals surface area contributed by atoms with E-state index in [2.05, 4.69) is 9.82 Å². The summed E-state index contributed by atoms with van der Waals surface area (Å²) in [5, 5.41) is 3.93. The van der Waals surface area contributed by atoms with Crippen LogP contribution in [0.2, 0.25) is 0 Å². The lowest BCUT2D eigenvalue weighted by atomic mass is 10.2. The van der Waals surface area contributed by atoms with E-state index in [4.69, 9.17) is 0 Å². The summed E-state index contributed by atoms with van der Waals surface area (Å²) in [6.45, 7) is 3.68. The van der Waals surface area contributed by atoms with Gasteiger partial charge in [0.05, 0.1) is 11.8 Å². The lowest BCUT2D eigenvalue weighted by Crippen LogP contribution is -2.18. The fourth-order valence-corrected chi connectivity index (χ4v) is 3.12. The SMILES string of the molecule is CCn1ncc(C)c1NS(=O)(=O)c1ccc(C(F)(F)F)cc1F. The molecule has 0 aliphatic rings. The molecule has 0 saturated carbocycles. The van der Waals surface area contributed by atoms with Gasteiger partial charge in [-0.05, 0) is 32.0 Å². The molecule has 0 saturated heterocycles. The first-order chi connectivity index (χ1) is 10.6. The monoisotopic (exact) mass is 351 g/mol. The molecule has 0 fully saturated rings. The third-order valence-electron chi connectivity index (χ3n) is 3.10. The molecular formula is C13H13F4N3O2S. The molecule has 10 heteroatoms.